The Hall–Kier alpha value is -3.48. The second kappa shape index (κ2) is 10.7. The molecule has 1 aromatic carbocycles. The van der Waals surface area contributed by atoms with Gasteiger partial charge >= 0.3 is 6.18 Å². The summed E-state index contributed by atoms with van der Waals surface area (Å²) in [5.74, 6) is 0.829. The third-order valence-electron chi connectivity index (χ3n) is 6.74. The van der Waals surface area contributed by atoms with Crippen LogP contribution in [0, 0.1) is 0 Å². The number of hydrogen-bond donors (Lipinski definition) is 3. The highest BCUT2D eigenvalue weighted by atomic mass is 32.2. The number of nitrogens with one attached hydrogen (secondary N) is 2. The van der Waals surface area contributed by atoms with Gasteiger partial charge in [-0.2, -0.15) is 17.5 Å². The molecule has 2 atom stereocenters. The third kappa shape index (κ3) is 5.66. The number of halogens is 3. The number of pyridine rings is 1. The Morgan fingerprint density at radius 1 is 1.16 bits per heavy atom. The summed E-state index contributed by atoms with van der Waals surface area (Å²) in [7, 11) is -3.87. The average molecular weight is 548 g/mol. The van der Waals surface area contributed by atoms with E-state index in [9.17, 15) is 26.7 Å². The molecule has 1 aliphatic heterocycles. The van der Waals surface area contributed by atoms with Crippen molar-refractivity contribution in [2.75, 3.05) is 18.4 Å². The van der Waals surface area contributed by atoms with Gasteiger partial charge in [-0.1, -0.05) is 12.1 Å². The van der Waals surface area contributed by atoms with Gasteiger partial charge in [-0.25, -0.2) is 18.4 Å². The molecule has 0 spiro atoms. The maximum atomic E-state index is 13.3. The molecule has 1 fully saturated rings. The second-order valence-electron chi connectivity index (χ2n) is 9.07. The summed E-state index contributed by atoms with van der Waals surface area (Å²) < 4.78 is 66.0. The summed E-state index contributed by atoms with van der Waals surface area (Å²) in [5, 5.41) is 13.5. The van der Waals surface area contributed by atoms with Crippen LogP contribution in [0.1, 0.15) is 37.0 Å². The first-order valence-corrected chi connectivity index (χ1v) is 13.3. The second-order valence-corrected chi connectivity index (χ2v) is 11.0. The molecule has 1 saturated heterocycles. The van der Waals surface area contributed by atoms with Gasteiger partial charge in [0.15, 0.2) is 0 Å². The van der Waals surface area contributed by atoms with Gasteiger partial charge in [0.05, 0.1) is 22.6 Å². The van der Waals surface area contributed by atoms with E-state index < -0.39 is 33.9 Å². The van der Waals surface area contributed by atoms with E-state index in [2.05, 4.69) is 27.0 Å². The van der Waals surface area contributed by atoms with Crippen molar-refractivity contribution in [1.29, 1.82) is 0 Å². The standard InChI is InChI=1S/C26H28F3N5O3S/c1-16(17(2)21-10-12-31-25(21)30-3)18-4-7-20(8-5-18)38(36,37)34-13-11-22(23(35)15-34)33-24-9-6-19(14-32-24)26(27,28)29/h4-10,12,14,22-23,31,35H,3,11,13,15H2,1-2H3,(H,32,33)/b17-16+/t22-,23+/m1/s1. The number of aromatic nitrogens is 2. The first-order chi connectivity index (χ1) is 17.9. The quantitative estimate of drug-likeness (QED) is 0.363. The minimum absolute atomic E-state index is 0.102. The molecule has 0 unspecified atom stereocenters. The zero-order chi connectivity index (χ0) is 27.7. The van der Waals surface area contributed by atoms with Crippen LogP contribution in [0.15, 0.2) is 64.7 Å². The van der Waals surface area contributed by atoms with Crippen LogP contribution in [0.2, 0.25) is 0 Å². The minimum atomic E-state index is -4.49. The predicted molar refractivity (Wildman–Crippen MR) is 141 cm³/mol. The first-order valence-electron chi connectivity index (χ1n) is 11.8. The Bertz CT molecular complexity index is 1430. The van der Waals surface area contributed by atoms with Crippen LogP contribution in [-0.4, -0.2) is 59.8 Å². The number of β-amino-alcohol motifs (C(OH)–C–C–N with tert-alkyl or cyclic N) is 1. The first kappa shape index (κ1) is 27.6. The Labute approximate surface area is 219 Å². The smallest absolute Gasteiger partial charge is 0.390 e. The van der Waals surface area contributed by atoms with E-state index in [4.69, 9.17) is 0 Å². The molecule has 3 aromatic rings. The van der Waals surface area contributed by atoms with Crippen molar-refractivity contribution in [3.05, 3.63) is 71.5 Å². The fourth-order valence-electron chi connectivity index (χ4n) is 4.36. The van der Waals surface area contributed by atoms with Gasteiger partial charge in [-0.3, -0.25) is 0 Å². The van der Waals surface area contributed by atoms with Crippen LogP contribution in [-0.2, 0) is 16.2 Å². The maximum absolute atomic E-state index is 13.3. The number of sulfonamides is 1. The minimum Gasteiger partial charge on any atom is -0.390 e. The zero-order valence-electron chi connectivity index (χ0n) is 20.8. The lowest BCUT2D eigenvalue weighted by Crippen LogP contribution is -2.51. The lowest BCUT2D eigenvalue weighted by Gasteiger charge is -2.35. The molecule has 0 aliphatic carbocycles. The molecular weight excluding hydrogens is 519 g/mol. The van der Waals surface area contributed by atoms with E-state index in [1.165, 1.54) is 22.5 Å². The van der Waals surface area contributed by atoms with Gasteiger partial charge in [-0.15, -0.1) is 0 Å². The molecule has 3 N–H and O–H groups in total. The lowest BCUT2D eigenvalue weighted by atomic mass is 9.98. The number of aliphatic hydroxyl groups is 1. The number of hydrogen-bond acceptors (Lipinski definition) is 6. The Kier molecular flexibility index (Phi) is 7.77. The Balaban J connectivity index is 1.44. The number of aromatic amines is 1. The van der Waals surface area contributed by atoms with E-state index in [1.807, 2.05) is 19.9 Å². The number of alkyl halides is 3. The number of nitrogens with zero attached hydrogens (tertiary/aromatic N) is 3. The molecule has 12 heteroatoms. The Morgan fingerprint density at radius 2 is 1.87 bits per heavy atom. The van der Waals surface area contributed by atoms with E-state index >= 15 is 0 Å². The molecule has 4 rings (SSSR count). The number of piperidine rings is 1. The largest absolute Gasteiger partial charge is 0.417 e. The summed E-state index contributed by atoms with van der Waals surface area (Å²) >= 11 is 0. The number of allylic oxidation sites excluding steroid dienone is 2. The number of aliphatic hydroxyl groups excluding tert-OH is 1. The normalized spacial score (nSPS) is 19.6. The van der Waals surface area contributed by atoms with E-state index in [-0.39, 0.29) is 30.2 Å². The maximum Gasteiger partial charge on any atom is 0.417 e. The van der Waals surface area contributed by atoms with Crippen molar-refractivity contribution < 1.29 is 26.7 Å². The van der Waals surface area contributed by atoms with Crippen molar-refractivity contribution in [3.63, 3.8) is 0 Å². The number of H-pyrrole nitrogens is 1. The number of anilines is 1. The topological polar surface area (TPSA) is 111 Å². The van der Waals surface area contributed by atoms with Crippen LogP contribution >= 0.6 is 0 Å². The van der Waals surface area contributed by atoms with E-state index in [0.29, 0.717) is 12.0 Å². The summed E-state index contributed by atoms with van der Waals surface area (Å²) in [5.41, 5.74) is 2.82. The highest BCUT2D eigenvalue weighted by molar-refractivity contribution is 7.89. The summed E-state index contributed by atoms with van der Waals surface area (Å²) in [6, 6.07) is 9.97. The predicted octanol–water partition coefficient (Wildman–Crippen LogP) is 4.95. The van der Waals surface area contributed by atoms with Gasteiger partial charge in [-0.05, 0) is 74.0 Å². The fraction of sp³-hybridized carbons (Fsp3) is 0.308. The highest BCUT2D eigenvalue weighted by Gasteiger charge is 2.35. The highest BCUT2D eigenvalue weighted by Crippen LogP contribution is 2.32. The number of benzene rings is 1. The average Bonchev–Trinajstić information content (AvgIpc) is 3.38. The molecule has 2 aromatic heterocycles. The lowest BCUT2D eigenvalue weighted by molar-refractivity contribution is -0.137. The van der Waals surface area contributed by atoms with Gasteiger partial charge in [0.2, 0.25) is 10.0 Å². The van der Waals surface area contributed by atoms with Gasteiger partial charge < -0.3 is 15.4 Å². The van der Waals surface area contributed by atoms with Gasteiger partial charge in [0, 0.05) is 31.0 Å². The number of aliphatic imine (C=N–C) groups is 1. The monoisotopic (exact) mass is 547 g/mol. The summed E-state index contributed by atoms with van der Waals surface area (Å²) in [4.78, 5) is 10.9. The molecule has 0 bridgehead atoms. The molecule has 8 nitrogen and oxygen atoms in total. The van der Waals surface area contributed by atoms with Crippen molar-refractivity contribution >= 4 is 39.5 Å². The third-order valence-corrected chi connectivity index (χ3v) is 8.62. The van der Waals surface area contributed by atoms with E-state index in [1.54, 1.807) is 18.3 Å². The van der Waals surface area contributed by atoms with E-state index in [0.717, 1.165) is 28.3 Å². The molecular formula is C26H28F3N5O3S. The molecule has 0 saturated carbocycles. The molecule has 38 heavy (non-hydrogen) atoms. The molecule has 202 valence electrons. The Morgan fingerprint density at radius 3 is 2.45 bits per heavy atom. The zero-order valence-corrected chi connectivity index (χ0v) is 21.6. The van der Waals surface area contributed by atoms with Crippen LogP contribution in [0.3, 0.4) is 0 Å². The van der Waals surface area contributed by atoms with Crippen molar-refractivity contribution in [2.45, 2.75) is 43.5 Å². The van der Waals surface area contributed by atoms with Crippen molar-refractivity contribution in [3.8, 4) is 0 Å². The molecule has 0 amide bonds. The summed E-state index contributed by atoms with van der Waals surface area (Å²) in [6.07, 6.45) is -2.84. The fourth-order valence-corrected chi connectivity index (χ4v) is 5.84. The van der Waals surface area contributed by atoms with Crippen molar-refractivity contribution in [2.24, 2.45) is 4.99 Å². The van der Waals surface area contributed by atoms with Crippen molar-refractivity contribution in [1.82, 2.24) is 14.3 Å². The molecule has 3 heterocycles. The molecule has 1 aliphatic rings. The van der Waals surface area contributed by atoms with Crippen LogP contribution in [0.5, 0.6) is 0 Å². The van der Waals surface area contributed by atoms with Gasteiger partial charge in [0.1, 0.15) is 11.6 Å². The summed E-state index contributed by atoms with van der Waals surface area (Å²) in [6.45, 7) is 7.43. The van der Waals surface area contributed by atoms with Crippen LogP contribution < -0.4 is 5.32 Å². The van der Waals surface area contributed by atoms with Crippen LogP contribution in [0.4, 0.5) is 24.8 Å². The molecule has 0 radical (unpaired) electrons. The van der Waals surface area contributed by atoms with Crippen LogP contribution in [0.25, 0.3) is 11.1 Å². The van der Waals surface area contributed by atoms with Gasteiger partial charge in [0.25, 0.3) is 0 Å². The SMILES string of the molecule is C=Nc1[nH]ccc1/C(C)=C(\C)c1ccc(S(=O)(=O)N2CC[C@@H](Nc3ccc(C(F)(F)F)cn3)[C@@H](O)C2)cc1. The number of rotatable bonds is 7.